The highest BCUT2D eigenvalue weighted by atomic mass is 16.5. The van der Waals surface area contributed by atoms with Crippen molar-refractivity contribution in [2.75, 3.05) is 32.1 Å². The number of hydrogen-bond donors (Lipinski definition) is 1. The van der Waals surface area contributed by atoms with E-state index in [1.54, 1.807) is 6.07 Å². The minimum atomic E-state index is -0.694. The predicted octanol–water partition coefficient (Wildman–Crippen LogP) is 3.10. The molecule has 0 aliphatic carbocycles. The second kappa shape index (κ2) is 7.75. The Balaban J connectivity index is 1.74. The summed E-state index contributed by atoms with van der Waals surface area (Å²) in [7, 11) is 3.88. The van der Waals surface area contributed by atoms with Crippen LogP contribution in [-0.4, -0.2) is 55.0 Å². The Kier molecular flexibility index (Phi) is 5.15. The van der Waals surface area contributed by atoms with Crippen molar-refractivity contribution in [1.29, 1.82) is 0 Å². The third-order valence-corrected chi connectivity index (χ3v) is 5.44. The number of ketones is 1. The highest BCUT2D eigenvalue weighted by Gasteiger charge is 2.45. The minimum Gasteiger partial charge on any atom is -0.503 e. The van der Waals surface area contributed by atoms with Crippen molar-refractivity contribution < 1.29 is 23.8 Å². The molecule has 0 spiro atoms. The lowest BCUT2D eigenvalue weighted by molar-refractivity contribution is -0.131. The minimum absolute atomic E-state index is 0.0422. The summed E-state index contributed by atoms with van der Waals surface area (Å²) in [4.78, 5) is 29.5. The third kappa shape index (κ3) is 3.53. The van der Waals surface area contributed by atoms with E-state index in [1.807, 2.05) is 43.3 Å². The molecule has 0 bridgehead atoms. The van der Waals surface area contributed by atoms with Gasteiger partial charge in [-0.2, -0.15) is 0 Å². The molecule has 0 saturated carbocycles. The summed E-state index contributed by atoms with van der Waals surface area (Å²) in [5.74, 6) is -1.48. The van der Waals surface area contributed by atoms with Crippen LogP contribution in [0, 0.1) is 0 Å². The van der Waals surface area contributed by atoms with E-state index in [4.69, 9.17) is 9.15 Å². The van der Waals surface area contributed by atoms with Gasteiger partial charge >= 0.3 is 0 Å². The summed E-state index contributed by atoms with van der Waals surface area (Å²) in [5, 5.41) is 10.6. The fourth-order valence-corrected chi connectivity index (χ4v) is 3.92. The Morgan fingerprint density at radius 3 is 2.59 bits per heavy atom. The van der Waals surface area contributed by atoms with Crippen LogP contribution < -0.4 is 4.90 Å². The largest absolute Gasteiger partial charge is 0.503 e. The van der Waals surface area contributed by atoms with Crippen LogP contribution in [0.15, 0.2) is 58.4 Å². The number of furan rings is 1. The molecule has 4 rings (SSSR count). The highest BCUT2D eigenvalue weighted by Crippen LogP contribution is 2.40. The molecule has 0 unspecified atom stereocenters. The number of nitrogens with zero attached hydrogens (tertiary/aromatic N) is 2. The van der Waals surface area contributed by atoms with E-state index < -0.39 is 23.5 Å². The molecule has 3 heterocycles. The molecule has 2 aliphatic heterocycles. The number of amides is 1. The number of benzene rings is 1. The number of carbonyl (C=O) groups excluding carboxylic acids is 2. The molecule has 1 saturated heterocycles. The van der Waals surface area contributed by atoms with Crippen molar-refractivity contribution in [3.05, 3.63) is 65.3 Å². The summed E-state index contributed by atoms with van der Waals surface area (Å²) in [5.41, 5.74) is 1.79. The summed E-state index contributed by atoms with van der Waals surface area (Å²) in [6.07, 6.45) is 3.07. The monoisotopic (exact) mass is 396 g/mol. The van der Waals surface area contributed by atoms with E-state index in [1.165, 1.54) is 17.2 Å². The zero-order valence-corrected chi connectivity index (χ0v) is 16.5. The second-order valence-corrected chi connectivity index (χ2v) is 7.55. The van der Waals surface area contributed by atoms with Crippen LogP contribution in [0.1, 0.15) is 35.0 Å². The average Bonchev–Trinajstić information content (AvgIpc) is 3.46. The number of carbonyl (C=O) groups is 2. The fourth-order valence-electron chi connectivity index (χ4n) is 3.92. The second-order valence-electron chi connectivity index (χ2n) is 7.55. The lowest BCUT2D eigenvalue weighted by Crippen LogP contribution is -2.37. The zero-order chi connectivity index (χ0) is 20.5. The molecule has 2 aliphatic rings. The Bertz CT molecular complexity index is 925. The molecule has 2 aromatic rings. The summed E-state index contributed by atoms with van der Waals surface area (Å²) in [6.45, 7) is 0.977. The highest BCUT2D eigenvalue weighted by molar-refractivity contribution is 6.15. The zero-order valence-electron chi connectivity index (χ0n) is 16.5. The molecule has 152 valence electrons. The van der Waals surface area contributed by atoms with Gasteiger partial charge in [-0.15, -0.1) is 0 Å². The third-order valence-electron chi connectivity index (χ3n) is 5.44. The molecule has 1 fully saturated rings. The number of aliphatic hydroxyl groups excluding tert-OH is 1. The summed E-state index contributed by atoms with van der Waals surface area (Å²) < 4.78 is 10.9. The Morgan fingerprint density at radius 2 is 2.00 bits per heavy atom. The van der Waals surface area contributed by atoms with Gasteiger partial charge in [-0.3, -0.25) is 9.59 Å². The van der Waals surface area contributed by atoms with Crippen LogP contribution >= 0.6 is 0 Å². The van der Waals surface area contributed by atoms with Gasteiger partial charge in [0, 0.05) is 32.9 Å². The quantitative estimate of drug-likeness (QED) is 0.756. The Labute approximate surface area is 169 Å². The number of hydrogen-bond acceptors (Lipinski definition) is 6. The van der Waals surface area contributed by atoms with Crippen LogP contribution in [0.5, 0.6) is 0 Å². The van der Waals surface area contributed by atoms with Gasteiger partial charge in [-0.05, 0) is 42.7 Å². The molecule has 1 N–H and O–H groups in total. The van der Waals surface area contributed by atoms with Gasteiger partial charge in [-0.1, -0.05) is 12.1 Å². The van der Waals surface area contributed by atoms with Crippen molar-refractivity contribution >= 4 is 17.4 Å². The molecular formula is C22H24N2O5. The lowest BCUT2D eigenvalue weighted by atomic mass is 9.94. The van der Waals surface area contributed by atoms with Crippen LogP contribution in [0.25, 0.3) is 0 Å². The van der Waals surface area contributed by atoms with E-state index in [9.17, 15) is 14.7 Å². The maximum absolute atomic E-state index is 13.1. The van der Waals surface area contributed by atoms with Gasteiger partial charge in [0.25, 0.3) is 5.91 Å². The average molecular weight is 396 g/mol. The predicted molar refractivity (Wildman–Crippen MR) is 107 cm³/mol. The molecule has 1 aromatic heterocycles. The van der Waals surface area contributed by atoms with Crippen LogP contribution in [0.4, 0.5) is 5.69 Å². The first-order valence-electron chi connectivity index (χ1n) is 9.68. The standard InChI is InChI=1S/C22H24N2O5/c1-23(2)15-9-7-14(8-10-15)19-18(20(25)17-6-4-12-29-17)21(26)22(27)24(19)13-16-5-3-11-28-16/h4,6-10,12,16,19,26H,3,5,11,13H2,1-2H3/t16-,19-/m1/s1. The first kappa shape index (κ1) is 19.3. The molecule has 7 heteroatoms. The van der Waals surface area contributed by atoms with Crippen LogP contribution in [0.2, 0.25) is 0 Å². The summed E-state index contributed by atoms with van der Waals surface area (Å²) in [6, 6.07) is 10.0. The Morgan fingerprint density at radius 1 is 1.24 bits per heavy atom. The fraction of sp³-hybridized carbons (Fsp3) is 0.364. The molecule has 0 radical (unpaired) electrons. The molecule has 2 atom stereocenters. The molecular weight excluding hydrogens is 372 g/mol. The van der Waals surface area contributed by atoms with Gasteiger partial charge in [0.2, 0.25) is 5.78 Å². The smallest absolute Gasteiger partial charge is 0.290 e. The lowest BCUT2D eigenvalue weighted by Gasteiger charge is -2.29. The van der Waals surface area contributed by atoms with E-state index in [0.29, 0.717) is 13.2 Å². The van der Waals surface area contributed by atoms with Crippen molar-refractivity contribution in [3.8, 4) is 0 Å². The van der Waals surface area contributed by atoms with E-state index in [2.05, 4.69) is 0 Å². The maximum Gasteiger partial charge on any atom is 0.290 e. The summed E-state index contributed by atoms with van der Waals surface area (Å²) >= 11 is 0. The van der Waals surface area contributed by atoms with Crippen LogP contribution in [-0.2, 0) is 9.53 Å². The van der Waals surface area contributed by atoms with E-state index in [-0.39, 0.29) is 17.4 Å². The van der Waals surface area contributed by atoms with Gasteiger partial charge in [-0.25, -0.2) is 0 Å². The van der Waals surface area contributed by atoms with Crippen molar-refractivity contribution in [2.24, 2.45) is 0 Å². The maximum atomic E-state index is 13.1. The Hall–Kier alpha value is -3.06. The first-order valence-corrected chi connectivity index (χ1v) is 9.68. The number of aliphatic hydroxyl groups is 1. The number of rotatable bonds is 6. The van der Waals surface area contributed by atoms with Gasteiger partial charge in [0.15, 0.2) is 11.5 Å². The molecule has 29 heavy (non-hydrogen) atoms. The number of ether oxygens (including phenoxy) is 1. The van der Waals surface area contributed by atoms with E-state index >= 15 is 0 Å². The van der Waals surface area contributed by atoms with Gasteiger partial charge < -0.3 is 24.1 Å². The molecule has 1 amide bonds. The van der Waals surface area contributed by atoms with E-state index in [0.717, 1.165) is 24.1 Å². The number of anilines is 1. The molecule has 7 nitrogen and oxygen atoms in total. The van der Waals surface area contributed by atoms with Crippen molar-refractivity contribution in [2.45, 2.75) is 25.0 Å². The van der Waals surface area contributed by atoms with Crippen LogP contribution in [0.3, 0.4) is 0 Å². The molecule has 1 aromatic carbocycles. The van der Waals surface area contributed by atoms with Crippen molar-refractivity contribution in [3.63, 3.8) is 0 Å². The topological polar surface area (TPSA) is 83.2 Å². The normalized spacial score (nSPS) is 21.9. The van der Waals surface area contributed by atoms with Gasteiger partial charge in [0.1, 0.15) is 0 Å². The SMILES string of the molecule is CN(C)c1ccc([C@@H]2C(C(=O)c3ccco3)=C(O)C(=O)N2C[C@H]2CCCO2)cc1. The van der Waals surface area contributed by atoms with Gasteiger partial charge in [0.05, 0.1) is 24.0 Å². The first-order chi connectivity index (χ1) is 14.0. The van der Waals surface area contributed by atoms with Crippen molar-refractivity contribution in [1.82, 2.24) is 4.90 Å². The number of Topliss-reactive ketones (excluding diaryl/α,β-unsaturated/α-hetero) is 1.